The molecule has 0 aliphatic heterocycles. The van der Waals surface area contributed by atoms with Gasteiger partial charge in [0.05, 0.1) is 6.33 Å². The number of imidazole rings is 1. The summed E-state index contributed by atoms with van der Waals surface area (Å²) in [4.78, 5) is 13.0. The smallest absolute Gasteiger partial charge is 0.204 e. The minimum absolute atomic E-state index is 0.460. The van der Waals surface area contributed by atoms with Crippen LogP contribution in [0, 0.1) is 11.5 Å². The van der Waals surface area contributed by atoms with Gasteiger partial charge in [0.15, 0.2) is 12.0 Å². The Morgan fingerprint density at radius 3 is 3.06 bits per heavy atom. The van der Waals surface area contributed by atoms with Gasteiger partial charge in [0.1, 0.15) is 4.60 Å². The second kappa shape index (κ2) is 6.75. The summed E-state index contributed by atoms with van der Waals surface area (Å²) in [5.74, 6) is 1.30. The number of aliphatic imine (C=N–C) groups is 1. The number of guanidine groups is 1. The molecule has 17 heavy (non-hydrogen) atoms. The van der Waals surface area contributed by atoms with Crippen LogP contribution in [-0.2, 0) is 0 Å². The monoisotopic (exact) mass is 299 g/mol. The van der Waals surface area contributed by atoms with E-state index >= 15 is 0 Å². The van der Waals surface area contributed by atoms with Crippen molar-refractivity contribution in [1.29, 1.82) is 5.26 Å². The lowest BCUT2D eigenvalue weighted by atomic mass is 10.5. The highest BCUT2D eigenvalue weighted by atomic mass is 79.9. The molecular formula is C9H14BrN7. The van der Waals surface area contributed by atoms with Gasteiger partial charge >= 0.3 is 0 Å². The van der Waals surface area contributed by atoms with Crippen LogP contribution in [0.1, 0.15) is 0 Å². The molecule has 7 nitrogen and oxygen atoms in total. The van der Waals surface area contributed by atoms with Crippen molar-refractivity contribution >= 4 is 27.7 Å². The fourth-order valence-corrected chi connectivity index (χ4v) is 1.72. The predicted octanol–water partition coefficient (Wildman–Crippen LogP) is 0.254. The van der Waals surface area contributed by atoms with Gasteiger partial charge in [-0.1, -0.05) is 0 Å². The summed E-state index contributed by atoms with van der Waals surface area (Å²) in [6.07, 6.45) is 3.44. The third-order valence-electron chi connectivity index (χ3n) is 2.07. The summed E-state index contributed by atoms with van der Waals surface area (Å²) in [5, 5.41) is 13.9. The normalized spacial score (nSPS) is 10.8. The number of likely N-dealkylation sites (N-methyl/N-ethyl adjacent to an activating group) is 1. The van der Waals surface area contributed by atoms with Gasteiger partial charge < -0.3 is 15.2 Å². The Labute approximate surface area is 108 Å². The van der Waals surface area contributed by atoms with Crippen molar-refractivity contribution in [2.24, 2.45) is 4.99 Å². The lowest BCUT2D eigenvalue weighted by Crippen LogP contribution is -2.39. The Hall–Kier alpha value is -1.75. The summed E-state index contributed by atoms with van der Waals surface area (Å²) >= 11 is 3.37. The molecule has 1 heterocycles. The number of aromatic nitrogens is 2. The molecule has 92 valence electrons. The number of hydrogen-bond acceptors (Lipinski definition) is 4. The molecule has 0 saturated heterocycles. The molecule has 0 bridgehead atoms. The highest BCUT2D eigenvalue weighted by Crippen LogP contribution is 2.19. The molecule has 8 heteroatoms. The van der Waals surface area contributed by atoms with Gasteiger partial charge in [0.2, 0.25) is 5.96 Å². The highest BCUT2D eigenvalue weighted by molar-refractivity contribution is 9.10. The van der Waals surface area contributed by atoms with Crippen LogP contribution in [0.15, 0.2) is 15.9 Å². The average molecular weight is 300 g/mol. The fraction of sp³-hybridized carbons (Fsp3) is 0.444. The fourth-order valence-electron chi connectivity index (χ4n) is 1.22. The predicted molar refractivity (Wildman–Crippen MR) is 69.7 cm³/mol. The molecule has 0 atom stereocenters. The van der Waals surface area contributed by atoms with E-state index in [9.17, 15) is 0 Å². The standard InChI is InChI=1S/C9H14BrN7/c1-12-9(14-5-11)13-3-4-17(2)8-7(10)15-6-16-8/h6H,3-4H2,1-2H3,(H,15,16)(H2,12,13,14). The lowest BCUT2D eigenvalue weighted by molar-refractivity contribution is 0.800. The molecule has 0 saturated carbocycles. The molecular weight excluding hydrogens is 286 g/mol. The van der Waals surface area contributed by atoms with Crippen LogP contribution in [0.2, 0.25) is 0 Å². The number of rotatable bonds is 4. The van der Waals surface area contributed by atoms with E-state index < -0.39 is 0 Å². The molecule has 0 fully saturated rings. The Kier molecular flexibility index (Phi) is 5.29. The van der Waals surface area contributed by atoms with Crippen LogP contribution in [0.5, 0.6) is 0 Å². The van der Waals surface area contributed by atoms with Crippen molar-refractivity contribution in [1.82, 2.24) is 20.6 Å². The van der Waals surface area contributed by atoms with Crippen LogP contribution in [-0.4, -0.2) is 43.1 Å². The Morgan fingerprint density at radius 1 is 1.76 bits per heavy atom. The Bertz CT molecular complexity index is 419. The Morgan fingerprint density at radius 2 is 2.53 bits per heavy atom. The van der Waals surface area contributed by atoms with Crippen LogP contribution in [0.25, 0.3) is 0 Å². The largest absolute Gasteiger partial charge is 0.356 e. The van der Waals surface area contributed by atoms with E-state index in [4.69, 9.17) is 5.26 Å². The average Bonchev–Trinajstić information content (AvgIpc) is 2.74. The van der Waals surface area contributed by atoms with Crippen LogP contribution in [0.3, 0.4) is 0 Å². The molecule has 0 aromatic carbocycles. The Balaban J connectivity index is 2.37. The van der Waals surface area contributed by atoms with Crippen molar-refractivity contribution in [3.8, 4) is 6.19 Å². The molecule has 3 N–H and O–H groups in total. The maximum Gasteiger partial charge on any atom is 0.204 e. The van der Waals surface area contributed by atoms with E-state index in [0.29, 0.717) is 12.5 Å². The molecule has 0 aliphatic rings. The van der Waals surface area contributed by atoms with Gasteiger partial charge in [0, 0.05) is 27.2 Å². The number of nitrogens with one attached hydrogen (secondary N) is 3. The third-order valence-corrected chi connectivity index (χ3v) is 2.66. The SMILES string of the molecule is C/N=C(\NC#N)NCCN(C)c1nc[nH]c1Br. The number of anilines is 1. The number of nitriles is 1. The number of aromatic amines is 1. The van der Waals surface area contributed by atoms with Crippen molar-refractivity contribution in [2.45, 2.75) is 0 Å². The molecule has 0 spiro atoms. The van der Waals surface area contributed by atoms with Gasteiger partial charge in [-0.25, -0.2) is 4.98 Å². The molecule has 1 aromatic heterocycles. The number of hydrogen-bond donors (Lipinski definition) is 3. The maximum absolute atomic E-state index is 8.45. The molecule has 0 aliphatic carbocycles. The van der Waals surface area contributed by atoms with E-state index in [0.717, 1.165) is 17.0 Å². The van der Waals surface area contributed by atoms with Gasteiger partial charge in [-0.3, -0.25) is 10.3 Å². The minimum Gasteiger partial charge on any atom is -0.356 e. The number of halogens is 1. The first kappa shape index (κ1) is 13.3. The molecule has 1 aromatic rings. The second-order valence-corrected chi connectivity index (χ2v) is 3.99. The van der Waals surface area contributed by atoms with Crippen LogP contribution < -0.4 is 15.5 Å². The highest BCUT2D eigenvalue weighted by Gasteiger charge is 2.07. The van der Waals surface area contributed by atoms with Crippen molar-refractivity contribution in [3.05, 3.63) is 10.9 Å². The lowest BCUT2D eigenvalue weighted by Gasteiger charge is -2.17. The van der Waals surface area contributed by atoms with Crippen LogP contribution >= 0.6 is 15.9 Å². The molecule has 1 rings (SSSR count). The first-order valence-corrected chi connectivity index (χ1v) is 5.74. The van der Waals surface area contributed by atoms with E-state index in [-0.39, 0.29) is 0 Å². The van der Waals surface area contributed by atoms with Gasteiger partial charge in [0.25, 0.3) is 0 Å². The third kappa shape index (κ3) is 3.96. The zero-order valence-corrected chi connectivity index (χ0v) is 11.2. The quantitative estimate of drug-likeness (QED) is 0.321. The van der Waals surface area contributed by atoms with Crippen molar-refractivity contribution in [2.75, 3.05) is 32.1 Å². The van der Waals surface area contributed by atoms with E-state index in [2.05, 4.69) is 41.5 Å². The number of nitrogens with zero attached hydrogens (tertiary/aromatic N) is 4. The van der Waals surface area contributed by atoms with Gasteiger partial charge in [-0.15, -0.1) is 0 Å². The summed E-state index contributed by atoms with van der Waals surface area (Å²) in [7, 11) is 3.55. The second-order valence-electron chi connectivity index (χ2n) is 3.20. The zero-order chi connectivity index (χ0) is 12.7. The maximum atomic E-state index is 8.45. The van der Waals surface area contributed by atoms with E-state index in [1.165, 1.54) is 0 Å². The first-order chi connectivity index (χ1) is 8.19. The molecule has 0 unspecified atom stereocenters. The molecule has 0 amide bonds. The van der Waals surface area contributed by atoms with Crippen molar-refractivity contribution in [3.63, 3.8) is 0 Å². The van der Waals surface area contributed by atoms with Gasteiger partial charge in [-0.2, -0.15) is 5.26 Å². The van der Waals surface area contributed by atoms with Crippen LogP contribution in [0.4, 0.5) is 5.82 Å². The topological polar surface area (TPSA) is 92.1 Å². The number of H-pyrrole nitrogens is 1. The van der Waals surface area contributed by atoms with Gasteiger partial charge in [-0.05, 0) is 15.9 Å². The van der Waals surface area contributed by atoms with E-state index in [1.54, 1.807) is 13.4 Å². The minimum atomic E-state index is 0.460. The summed E-state index contributed by atoms with van der Waals surface area (Å²) in [6.45, 7) is 1.38. The summed E-state index contributed by atoms with van der Waals surface area (Å²) in [6, 6.07) is 0. The molecule has 0 radical (unpaired) electrons. The zero-order valence-electron chi connectivity index (χ0n) is 9.66. The van der Waals surface area contributed by atoms with Crippen molar-refractivity contribution < 1.29 is 0 Å². The summed E-state index contributed by atoms with van der Waals surface area (Å²) in [5.41, 5.74) is 0. The van der Waals surface area contributed by atoms with E-state index in [1.807, 2.05) is 18.1 Å². The summed E-state index contributed by atoms with van der Waals surface area (Å²) < 4.78 is 0.847. The first-order valence-electron chi connectivity index (χ1n) is 4.94.